The van der Waals surface area contributed by atoms with E-state index in [2.05, 4.69) is 20.4 Å². The molecule has 6 aromatic rings. The van der Waals surface area contributed by atoms with Gasteiger partial charge in [-0.1, -0.05) is 47.7 Å². The Hall–Kier alpha value is -4.83. The normalized spacial score (nSPS) is 12.1. The number of benzene rings is 2. The van der Waals surface area contributed by atoms with Crippen LogP contribution in [0.1, 0.15) is 34.7 Å². The van der Waals surface area contributed by atoms with Crippen molar-refractivity contribution in [3.05, 3.63) is 107 Å². The number of aryl methyl sites for hydroxylation is 1. The van der Waals surface area contributed by atoms with E-state index in [1.165, 1.54) is 11.3 Å². The van der Waals surface area contributed by atoms with Gasteiger partial charge in [-0.2, -0.15) is 5.10 Å². The number of amides is 1. The number of methoxy groups -OCH3 is 1. The van der Waals surface area contributed by atoms with Crippen molar-refractivity contribution in [1.29, 1.82) is 0 Å². The van der Waals surface area contributed by atoms with E-state index in [0.717, 1.165) is 15.8 Å². The average Bonchev–Trinajstić information content (AvgIpc) is 3.56. The summed E-state index contributed by atoms with van der Waals surface area (Å²) in [7, 11) is 1.57. The van der Waals surface area contributed by atoms with E-state index in [9.17, 15) is 9.59 Å². The first-order chi connectivity index (χ1) is 19.0. The van der Waals surface area contributed by atoms with Crippen LogP contribution >= 0.6 is 11.3 Å². The van der Waals surface area contributed by atoms with E-state index in [4.69, 9.17) is 4.74 Å². The van der Waals surface area contributed by atoms with Gasteiger partial charge in [-0.25, -0.2) is 14.5 Å². The van der Waals surface area contributed by atoms with E-state index in [1.54, 1.807) is 47.8 Å². The second-order valence-corrected chi connectivity index (χ2v) is 10.0. The third kappa shape index (κ3) is 4.24. The second kappa shape index (κ2) is 9.80. The summed E-state index contributed by atoms with van der Waals surface area (Å²) in [6.45, 7) is 3.64. The lowest BCUT2D eigenvalue weighted by atomic mass is 10.0. The average molecular weight is 537 g/mol. The zero-order chi connectivity index (χ0) is 27.1. The minimum Gasteiger partial charge on any atom is -0.473 e. The quantitative estimate of drug-likeness (QED) is 0.323. The molecule has 4 heterocycles. The van der Waals surface area contributed by atoms with Gasteiger partial charge in [0.1, 0.15) is 5.56 Å². The minimum absolute atomic E-state index is 0.188. The molecule has 39 heavy (non-hydrogen) atoms. The number of aromatic nitrogens is 5. The molecule has 0 spiro atoms. The molecular formula is C29H24N6O3S. The third-order valence-electron chi connectivity index (χ3n) is 6.60. The third-order valence-corrected chi connectivity index (χ3v) is 7.59. The van der Waals surface area contributed by atoms with Crippen LogP contribution < -0.4 is 15.6 Å². The van der Waals surface area contributed by atoms with Crippen molar-refractivity contribution >= 4 is 33.7 Å². The van der Waals surface area contributed by atoms with Gasteiger partial charge >= 0.3 is 0 Å². The molecule has 0 aliphatic rings. The number of carbonyl (C=O) groups excluding carboxylic acids is 1. The van der Waals surface area contributed by atoms with Gasteiger partial charge < -0.3 is 10.1 Å². The summed E-state index contributed by atoms with van der Waals surface area (Å²) in [6, 6.07) is 18.4. The lowest BCUT2D eigenvalue weighted by Gasteiger charge is -2.21. The first-order valence-corrected chi connectivity index (χ1v) is 13.1. The molecular weight excluding hydrogens is 512 g/mol. The lowest BCUT2D eigenvalue weighted by Crippen LogP contribution is -2.32. The van der Waals surface area contributed by atoms with Crippen LogP contribution in [-0.2, 0) is 0 Å². The maximum atomic E-state index is 14.2. The summed E-state index contributed by atoms with van der Waals surface area (Å²) >= 11 is 1.38. The molecule has 0 saturated heterocycles. The van der Waals surface area contributed by atoms with Gasteiger partial charge in [0.25, 0.3) is 16.7 Å². The van der Waals surface area contributed by atoms with Gasteiger partial charge in [-0.05, 0) is 43.5 Å². The Kier molecular flexibility index (Phi) is 6.16. The van der Waals surface area contributed by atoms with Crippen LogP contribution in [0.5, 0.6) is 5.19 Å². The minimum atomic E-state index is -0.514. The highest BCUT2D eigenvalue weighted by molar-refractivity contribution is 7.16. The number of rotatable bonds is 6. The van der Waals surface area contributed by atoms with Gasteiger partial charge in [-0.3, -0.25) is 14.2 Å². The largest absolute Gasteiger partial charge is 0.473 e. The Morgan fingerprint density at radius 2 is 1.90 bits per heavy atom. The Balaban J connectivity index is 1.50. The summed E-state index contributed by atoms with van der Waals surface area (Å²) in [5.41, 5.74) is 3.38. The van der Waals surface area contributed by atoms with Crippen LogP contribution in [0.25, 0.3) is 32.5 Å². The molecule has 6 rings (SSSR count). The number of nitrogens with one attached hydrogen (secondary N) is 1. The zero-order valence-electron chi connectivity index (χ0n) is 21.5. The summed E-state index contributed by atoms with van der Waals surface area (Å²) in [4.78, 5) is 37.2. The second-order valence-electron chi connectivity index (χ2n) is 9.05. The summed E-state index contributed by atoms with van der Waals surface area (Å²) in [5.74, 6) is -0.314. The van der Waals surface area contributed by atoms with Gasteiger partial charge in [0, 0.05) is 35.5 Å². The van der Waals surface area contributed by atoms with Gasteiger partial charge in [0.15, 0.2) is 5.65 Å². The van der Waals surface area contributed by atoms with Crippen LogP contribution in [0, 0.1) is 6.92 Å². The fraction of sp³-hybridized carbons (Fsp3) is 0.138. The number of nitrogens with zero attached hydrogens (tertiary/aromatic N) is 5. The molecule has 2 aromatic carbocycles. The van der Waals surface area contributed by atoms with Crippen molar-refractivity contribution in [2.45, 2.75) is 19.9 Å². The molecule has 0 aliphatic heterocycles. The Bertz CT molecular complexity index is 1910. The summed E-state index contributed by atoms with van der Waals surface area (Å²) in [6.07, 6.45) is 5.10. The number of ether oxygens (including phenoxy) is 1. The number of hydrogen-bond acceptors (Lipinski definition) is 7. The number of para-hydroxylation sites is 1. The van der Waals surface area contributed by atoms with E-state index in [0.29, 0.717) is 38.9 Å². The lowest BCUT2D eigenvalue weighted by molar-refractivity contribution is 0.0939. The zero-order valence-corrected chi connectivity index (χ0v) is 22.3. The van der Waals surface area contributed by atoms with Crippen LogP contribution in [0.2, 0.25) is 0 Å². The molecule has 1 amide bonds. The Labute approximate surface area is 227 Å². The molecule has 0 radical (unpaired) electrons. The predicted octanol–water partition coefficient (Wildman–Crippen LogP) is 4.96. The van der Waals surface area contributed by atoms with Crippen molar-refractivity contribution in [3.8, 4) is 21.3 Å². The maximum absolute atomic E-state index is 14.2. The summed E-state index contributed by atoms with van der Waals surface area (Å²) < 4.78 is 8.53. The van der Waals surface area contributed by atoms with Gasteiger partial charge in [0.2, 0.25) is 0 Å². The molecule has 0 saturated carbocycles. The van der Waals surface area contributed by atoms with E-state index < -0.39 is 6.04 Å². The van der Waals surface area contributed by atoms with Crippen LogP contribution in [0.15, 0.2) is 84.0 Å². The Morgan fingerprint density at radius 1 is 1.08 bits per heavy atom. The first kappa shape index (κ1) is 24.5. The molecule has 0 unspecified atom stereocenters. The summed E-state index contributed by atoms with van der Waals surface area (Å²) in [5, 5.41) is 9.34. The smallest absolute Gasteiger partial charge is 0.273 e. The molecule has 0 bridgehead atoms. The monoisotopic (exact) mass is 536 g/mol. The van der Waals surface area contributed by atoms with Crippen molar-refractivity contribution in [2.75, 3.05) is 7.11 Å². The van der Waals surface area contributed by atoms with Crippen molar-refractivity contribution in [1.82, 2.24) is 29.5 Å². The van der Waals surface area contributed by atoms with Gasteiger partial charge in [-0.15, -0.1) is 0 Å². The standard InChI is InChI=1S/C29H24N6O3S/c1-17(32-27(36)24-18(2)33-34-14-8-13-30-26(24)34)22-15-19-9-7-12-21(23-16-31-29(38-3)39-23)25(19)28(37)35(22)20-10-5-4-6-11-20/h4-17H,1-3H3,(H,32,36)/t17-/m0/s1. The molecule has 1 atom stereocenters. The van der Waals surface area contributed by atoms with Crippen LogP contribution in [0.4, 0.5) is 0 Å². The molecule has 0 aliphatic carbocycles. The van der Waals surface area contributed by atoms with Crippen molar-refractivity contribution in [3.63, 3.8) is 0 Å². The molecule has 1 N–H and O–H groups in total. The fourth-order valence-corrected chi connectivity index (χ4v) is 5.59. The number of fused-ring (bicyclic) bond motifs is 2. The highest BCUT2D eigenvalue weighted by Crippen LogP contribution is 2.34. The van der Waals surface area contributed by atoms with Crippen molar-refractivity contribution < 1.29 is 9.53 Å². The number of thiazole rings is 1. The molecule has 10 heteroatoms. The van der Waals surface area contributed by atoms with Crippen LogP contribution in [-0.4, -0.2) is 37.2 Å². The molecule has 194 valence electrons. The van der Waals surface area contributed by atoms with E-state index in [1.807, 2.05) is 61.5 Å². The Morgan fingerprint density at radius 3 is 2.67 bits per heavy atom. The van der Waals surface area contributed by atoms with Crippen molar-refractivity contribution in [2.24, 2.45) is 0 Å². The number of pyridine rings is 1. The topological polar surface area (TPSA) is 103 Å². The van der Waals surface area contributed by atoms with E-state index >= 15 is 0 Å². The first-order valence-electron chi connectivity index (χ1n) is 12.3. The molecule has 4 aromatic heterocycles. The molecule has 9 nitrogen and oxygen atoms in total. The fourth-order valence-electron chi connectivity index (χ4n) is 4.83. The SMILES string of the molecule is COc1ncc(-c2cccc3cc([C@H](C)NC(=O)c4c(C)nn5cccnc45)n(-c4ccccc4)c(=O)c23)s1. The number of hydrogen-bond donors (Lipinski definition) is 1. The van der Waals surface area contributed by atoms with E-state index in [-0.39, 0.29) is 11.5 Å². The van der Waals surface area contributed by atoms with Crippen LogP contribution in [0.3, 0.4) is 0 Å². The van der Waals surface area contributed by atoms with Gasteiger partial charge in [0.05, 0.1) is 29.1 Å². The highest BCUT2D eigenvalue weighted by atomic mass is 32.1. The predicted molar refractivity (Wildman–Crippen MR) is 151 cm³/mol. The highest BCUT2D eigenvalue weighted by Gasteiger charge is 2.24. The number of carbonyl (C=O) groups is 1. The molecule has 0 fully saturated rings. The maximum Gasteiger partial charge on any atom is 0.273 e.